The summed E-state index contributed by atoms with van der Waals surface area (Å²) in [6, 6.07) is 2.58. The van der Waals surface area contributed by atoms with Crippen LogP contribution in [-0.4, -0.2) is 39.4 Å². The van der Waals surface area contributed by atoms with E-state index in [9.17, 15) is 14.4 Å². The number of pyridine rings is 1. The summed E-state index contributed by atoms with van der Waals surface area (Å²) in [5, 5.41) is 10.9. The van der Waals surface area contributed by atoms with Crippen LogP contribution in [0.25, 0.3) is 6.08 Å². The molecule has 7 heteroatoms. The molecule has 2 rings (SSSR count). The number of hydrogen-bond acceptors (Lipinski definition) is 4. The summed E-state index contributed by atoms with van der Waals surface area (Å²) in [5.41, 5.74) is 0.735. The number of rotatable bonds is 3. The van der Waals surface area contributed by atoms with Crippen LogP contribution in [0.15, 0.2) is 30.2 Å². The molecule has 0 bridgehead atoms. The lowest BCUT2D eigenvalue weighted by atomic mass is 10.2. The molecular formula is C11H9N3O4. The van der Waals surface area contributed by atoms with Crippen LogP contribution in [0.5, 0.6) is 0 Å². The van der Waals surface area contributed by atoms with Crippen LogP contribution in [0.2, 0.25) is 0 Å². The number of aliphatic carboxylic acids is 1. The van der Waals surface area contributed by atoms with Gasteiger partial charge in [0.05, 0.1) is 0 Å². The first-order valence-electron chi connectivity index (χ1n) is 5.04. The molecule has 7 nitrogen and oxygen atoms in total. The molecule has 0 radical (unpaired) electrons. The largest absolute Gasteiger partial charge is 0.480 e. The third-order valence-electron chi connectivity index (χ3n) is 2.27. The number of amides is 3. The molecule has 0 spiro atoms. The topological polar surface area (TPSA) is 99.6 Å². The highest BCUT2D eigenvalue weighted by atomic mass is 16.4. The van der Waals surface area contributed by atoms with Crippen molar-refractivity contribution in [2.24, 2.45) is 0 Å². The molecule has 1 aromatic heterocycles. The summed E-state index contributed by atoms with van der Waals surface area (Å²) < 4.78 is 0. The van der Waals surface area contributed by atoms with Crippen LogP contribution in [0.4, 0.5) is 4.79 Å². The fourth-order valence-corrected chi connectivity index (χ4v) is 1.48. The molecule has 1 aromatic rings. The summed E-state index contributed by atoms with van der Waals surface area (Å²) in [4.78, 5) is 38.1. The molecule has 0 atom stereocenters. The Morgan fingerprint density at radius 1 is 1.39 bits per heavy atom. The van der Waals surface area contributed by atoms with Crippen molar-refractivity contribution < 1.29 is 19.5 Å². The zero-order valence-electron chi connectivity index (χ0n) is 9.16. The fraction of sp³-hybridized carbons (Fsp3) is 0.0909. The smallest absolute Gasteiger partial charge is 0.329 e. The second-order valence-electron chi connectivity index (χ2n) is 3.55. The third kappa shape index (κ3) is 2.34. The molecule has 1 saturated heterocycles. The van der Waals surface area contributed by atoms with Crippen molar-refractivity contribution in [2.75, 3.05) is 6.54 Å². The number of carbonyl (C=O) groups is 3. The number of hydrogen-bond donors (Lipinski definition) is 2. The van der Waals surface area contributed by atoms with Gasteiger partial charge in [0.1, 0.15) is 12.2 Å². The number of carboxylic acids is 1. The number of carbonyl (C=O) groups excluding carboxylic acids is 2. The number of carboxylic acid groups (broad SMARTS) is 1. The van der Waals surface area contributed by atoms with E-state index in [-0.39, 0.29) is 5.70 Å². The van der Waals surface area contributed by atoms with E-state index < -0.39 is 24.5 Å². The van der Waals surface area contributed by atoms with Crippen LogP contribution in [0.3, 0.4) is 0 Å². The van der Waals surface area contributed by atoms with Crippen molar-refractivity contribution in [3.63, 3.8) is 0 Å². The van der Waals surface area contributed by atoms with E-state index >= 15 is 0 Å². The number of urea groups is 1. The van der Waals surface area contributed by atoms with E-state index in [0.29, 0.717) is 10.5 Å². The van der Waals surface area contributed by atoms with Gasteiger partial charge in [-0.1, -0.05) is 0 Å². The minimum absolute atomic E-state index is 0.0486. The Morgan fingerprint density at radius 2 is 2.06 bits per heavy atom. The Bertz CT molecular complexity index is 538. The van der Waals surface area contributed by atoms with Crippen LogP contribution in [-0.2, 0) is 9.59 Å². The lowest BCUT2D eigenvalue weighted by Crippen LogP contribution is -2.35. The lowest BCUT2D eigenvalue weighted by molar-refractivity contribution is -0.140. The summed E-state index contributed by atoms with van der Waals surface area (Å²) in [6.45, 7) is -0.654. The standard InChI is InChI=1S/C11H9N3O4/c15-9(16)6-14-10(17)8(13-11(14)18)5-7-1-3-12-4-2-7/h1-5H,6H2,(H,13,18)(H,15,16). The van der Waals surface area contributed by atoms with E-state index in [1.54, 1.807) is 24.5 Å². The highest BCUT2D eigenvalue weighted by Crippen LogP contribution is 2.13. The summed E-state index contributed by atoms with van der Waals surface area (Å²) in [7, 11) is 0. The summed E-state index contributed by atoms with van der Waals surface area (Å²) in [5.74, 6) is -1.90. The number of nitrogens with zero attached hydrogens (tertiary/aromatic N) is 2. The molecule has 18 heavy (non-hydrogen) atoms. The minimum Gasteiger partial charge on any atom is -0.480 e. The minimum atomic E-state index is -1.25. The first-order valence-corrected chi connectivity index (χ1v) is 5.04. The maximum absolute atomic E-state index is 11.8. The molecule has 3 amide bonds. The molecular weight excluding hydrogens is 238 g/mol. The maximum Gasteiger partial charge on any atom is 0.329 e. The lowest BCUT2D eigenvalue weighted by Gasteiger charge is -2.06. The first kappa shape index (κ1) is 11.8. The van der Waals surface area contributed by atoms with Gasteiger partial charge in [0.25, 0.3) is 5.91 Å². The molecule has 1 aliphatic rings. The van der Waals surface area contributed by atoms with Gasteiger partial charge < -0.3 is 10.4 Å². The monoisotopic (exact) mass is 247 g/mol. The van der Waals surface area contributed by atoms with E-state index in [4.69, 9.17) is 5.11 Å². The molecule has 2 heterocycles. The van der Waals surface area contributed by atoms with Gasteiger partial charge in [-0.3, -0.25) is 14.6 Å². The quantitative estimate of drug-likeness (QED) is 0.581. The average molecular weight is 247 g/mol. The van der Waals surface area contributed by atoms with Gasteiger partial charge in [0.2, 0.25) is 0 Å². The predicted octanol–water partition coefficient (Wildman–Crippen LogP) is 0.0589. The SMILES string of the molecule is O=C(O)CN1C(=O)NC(=Cc2ccncc2)C1=O. The van der Waals surface area contributed by atoms with Gasteiger partial charge in [0.15, 0.2) is 0 Å². The fourth-order valence-electron chi connectivity index (χ4n) is 1.48. The Kier molecular flexibility index (Phi) is 3.05. The van der Waals surface area contributed by atoms with Gasteiger partial charge in [-0.05, 0) is 23.8 Å². The van der Waals surface area contributed by atoms with Crippen molar-refractivity contribution in [3.05, 3.63) is 35.8 Å². The van der Waals surface area contributed by atoms with Crippen LogP contribution in [0, 0.1) is 0 Å². The molecule has 92 valence electrons. The predicted molar refractivity (Wildman–Crippen MR) is 60.1 cm³/mol. The van der Waals surface area contributed by atoms with Crippen molar-refractivity contribution in [1.29, 1.82) is 0 Å². The van der Waals surface area contributed by atoms with E-state index in [1.807, 2.05) is 0 Å². The number of imide groups is 1. The molecule has 1 fully saturated rings. The second-order valence-corrected chi connectivity index (χ2v) is 3.55. The van der Waals surface area contributed by atoms with Crippen LogP contribution < -0.4 is 5.32 Å². The van der Waals surface area contributed by atoms with Crippen LogP contribution in [0.1, 0.15) is 5.56 Å². The zero-order chi connectivity index (χ0) is 13.1. The Balaban J connectivity index is 2.23. The van der Waals surface area contributed by atoms with Crippen molar-refractivity contribution in [1.82, 2.24) is 15.2 Å². The second kappa shape index (κ2) is 4.66. The average Bonchev–Trinajstić information content (AvgIpc) is 2.58. The molecule has 0 unspecified atom stereocenters. The Morgan fingerprint density at radius 3 is 2.67 bits per heavy atom. The number of aromatic nitrogens is 1. The van der Waals surface area contributed by atoms with E-state index in [1.165, 1.54) is 6.08 Å². The van der Waals surface area contributed by atoms with E-state index in [2.05, 4.69) is 10.3 Å². The Hall–Kier alpha value is -2.70. The molecule has 2 N–H and O–H groups in total. The molecule has 0 aliphatic carbocycles. The highest BCUT2D eigenvalue weighted by Gasteiger charge is 2.34. The maximum atomic E-state index is 11.8. The summed E-state index contributed by atoms with van der Waals surface area (Å²) in [6.07, 6.45) is 4.55. The molecule has 0 saturated carbocycles. The van der Waals surface area contributed by atoms with E-state index in [0.717, 1.165) is 0 Å². The van der Waals surface area contributed by atoms with Gasteiger partial charge >= 0.3 is 12.0 Å². The summed E-state index contributed by atoms with van der Waals surface area (Å²) >= 11 is 0. The normalized spacial score (nSPS) is 17.1. The molecule has 0 aromatic carbocycles. The van der Waals surface area contributed by atoms with Crippen molar-refractivity contribution in [2.45, 2.75) is 0 Å². The van der Waals surface area contributed by atoms with Gasteiger partial charge in [-0.15, -0.1) is 0 Å². The molecule has 1 aliphatic heterocycles. The van der Waals surface area contributed by atoms with Crippen molar-refractivity contribution in [3.8, 4) is 0 Å². The third-order valence-corrected chi connectivity index (χ3v) is 2.27. The van der Waals surface area contributed by atoms with Crippen molar-refractivity contribution >= 4 is 24.0 Å². The van der Waals surface area contributed by atoms with Crippen LogP contribution >= 0.6 is 0 Å². The zero-order valence-corrected chi connectivity index (χ0v) is 9.16. The first-order chi connectivity index (χ1) is 8.58. The highest BCUT2D eigenvalue weighted by molar-refractivity contribution is 6.15. The van der Waals surface area contributed by atoms with Gasteiger partial charge in [-0.25, -0.2) is 9.69 Å². The Labute approximate surface area is 102 Å². The number of nitrogens with one attached hydrogen (secondary N) is 1. The van der Waals surface area contributed by atoms with Gasteiger partial charge in [0, 0.05) is 12.4 Å². The van der Waals surface area contributed by atoms with Gasteiger partial charge in [-0.2, -0.15) is 0 Å².